The largest absolute Gasteiger partial charge is 0.513 e. The van der Waals surface area contributed by atoms with Crippen molar-refractivity contribution < 1.29 is 14.6 Å². The molecule has 0 unspecified atom stereocenters. The van der Waals surface area contributed by atoms with Gasteiger partial charge in [0.15, 0.2) is 0 Å². The van der Waals surface area contributed by atoms with Crippen molar-refractivity contribution >= 4 is 5.57 Å². The highest BCUT2D eigenvalue weighted by molar-refractivity contribution is 5.82. The van der Waals surface area contributed by atoms with Crippen LogP contribution in [0.25, 0.3) is 5.57 Å². The topological polar surface area (TPSA) is 40.5 Å². The van der Waals surface area contributed by atoms with Crippen LogP contribution in [0.2, 0.25) is 0 Å². The monoisotopic (exact) mass is 274 g/mol. The minimum Gasteiger partial charge on any atom is -0.513 e. The van der Waals surface area contributed by atoms with Crippen LogP contribution in [0, 0.1) is 0 Å². The molecule has 0 spiro atoms. The molecular formula is C17H19FO2. The van der Waals surface area contributed by atoms with Gasteiger partial charge in [-0.25, -0.2) is 4.39 Å². The molecule has 0 bridgehead atoms. The van der Waals surface area contributed by atoms with Gasteiger partial charge in [-0.05, 0) is 55.7 Å². The van der Waals surface area contributed by atoms with Gasteiger partial charge in [-0.15, -0.1) is 0 Å². The van der Waals surface area contributed by atoms with Crippen molar-refractivity contribution in [2.24, 2.45) is 0 Å². The summed E-state index contributed by atoms with van der Waals surface area (Å²) in [5.41, 5.74) is 2.20. The zero-order chi connectivity index (χ0) is 15.3. The lowest BCUT2D eigenvalue weighted by molar-refractivity contribution is 0.414. The van der Waals surface area contributed by atoms with Gasteiger partial charge in [0.1, 0.15) is 11.6 Å². The number of benzene rings is 1. The number of hydrogen-bond donors (Lipinski definition) is 2. The van der Waals surface area contributed by atoms with E-state index in [-0.39, 0.29) is 17.3 Å². The molecule has 0 fully saturated rings. The summed E-state index contributed by atoms with van der Waals surface area (Å²) in [4.78, 5) is 0. The van der Waals surface area contributed by atoms with E-state index >= 15 is 0 Å². The van der Waals surface area contributed by atoms with Crippen LogP contribution in [0.1, 0.15) is 26.3 Å². The van der Waals surface area contributed by atoms with Crippen LogP contribution in [0.4, 0.5) is 4.39 Å². The SMILES string of the molecule is C=C(/C=C(\C)O)/C(C)=C(\C(F)=C/C)c1ccc(O)cc1. The van der Waals surface area contributed by atoms with Crippen molar-refractivity contribution in [2.75, 3.05) is 0 Å². The summed E-state index contributed by atoms with van der Waals surface area (Å²) in [7, 11) is 0. The molecule has 0 saturated carbocycles. The summed E-state index contributed by atoms with van der Waals surface area (Å²) in [6.45, 7) is 8.72. The number of aromatic hydroxyl groups is 1. The zero-order valence-electron chi connectivity index (χ0n) is 11.9. The Morgan fingerprint density at radius 1 is 1.20 bits per heavy atom. The van der Waals surface area contributed by atoms with Gasteiger partial charge in [0.25, 0.3) is 0 Å². The lowest BCUT2D eigenvalue weighted by atomic mass is 9.94. The Bertz CT molecular complexity index is 586. The molecule has 0 heterocycles. The Morgan fingerprint density at radius 3 is 2.20 bits per heavy atom. The molecule has 0 saturated heterocycles. The van der Waals surface area contributed by atoms with E-state index < -0.39 is 0 Å². The van der Waals surface area contributed by atoms with Crippen LogP contribution in [0.15, 0.2) is 65.7 Å². The summed E-state index contributed by atoms with van der Waals surface area (Å²) in [6.07, 6.45) is 2.85. The van der Waals surface area contributed by atoms with Crippen molar-refractivity contribution in [1.29, 1.82) is 0 Å². The van der Waals surface area contributed by atoms with Gasteiger partial charge in [0, 0.05) is 5.57 Å². The molecule has 0 radical (unpaired) electrons. The van der Waals surface area contributed by atoms with E-state index in [0.717, 1.165) is 0 Å². The zero-order valence-corrected chi connectivity index (χ0v) is 11.9. The average molecular weight is 274 g/mol. The molecule has 106 valence electrons. The average Bonchev–Trinajstić information content (AvgIpc) is 2.40. The van der Waals surface area contributed by atoms with Gasteiger partial charge in [-0.2, -0.15) is 0 Å². The third-order valence-electron chi connectivity index (χ3n) is 2.89. The number of phenolic OH excluding ortho intramolecular Hbond substituents is 1. The van der Waals surface area contributed by atoms with Crippen molar-refractivity contribution in [3.05, 3.63) is 71.3 Å². The van der Waals surface area contributed by atoms with E-state index in [1.165, 1.54) is 31.2 Å². The standard InChI is InChI=1S/C17H19FO2/c1-5-16(18)17(13(4)11(2)10-12(3)19)14-6-8-15(20)9-7-14/h5-10,19-20H,2H2,1,3-4H3/b12-10+,16-5+,17-13-. The van der Waals surface area contributed by atoms with Crippen LogP contribution in [-0.4, -0.2) is 10.2 Å². The Morgan fingerprint density at radius 2 is 1.75 bits per heavy atom. The second-order valence-electron chi connectivity index (χ2n) is 4.49. The molecule has 1 aromatic carbocycles. The van der Waals surface area contributed by atoms with Crippen LogP contribution in [0.5, 0.6) is 5.75 Å². The van der Waals surface area contributed by atoms with Crippen molar-refractivity contribution in [3.63, 3.8) is 0 Å². The molecule has 0 aromatic heterocycles. The smallest absolute Gasteiger partial charge is 0.127 e. The number of phenols is 1. The number of aliphatic hydroxyl groups excluding tert-OH is 1. The van der Waals surface area contributed by atoms with Gasteiger partial charge in [-0.3, -0.25) is 0 Å². The lowest BCUT2D eigenvalue weighted by Gasteiger charge is -2.12. The molecule has 0 aliphatic carbocycles. The maximum absolute atomic E-state index is 14.1. The molecule has 2 N–H and O–H groups in total. The quantitative estimate of drug-likeness (QED) is 0.595. The fourth-order valence-corrected chi connectivity index (χ4v) is 1.83. The number of rotatable bonds is 4. The molecular weight excluding hydrogens is 255 g/mol. The van der Waals surface area contributed by atoms with E-state index in [1.54, 1.807) is 26.0 Å². The third kappa shape index (κ3) is 3.85. The number of aliphatic hydroxyl groups is 1. The van der Waals surface area contributed by atoms with E-state index in [4.69, 9.17) is 0 Å². The first-order valence-electron chi connectivity index (χ1n) is 6.25. The summed E-state index contributed by atoms with van der Waals surface area (Å²) in [5.74, 6) is -0.143. The first-order chi connectivity index (χ1) is 9.36. The Hall–Kier alpha value is -2.29. The van der Waals surface area contributed by atoms with Crippen LogP contribution < -0.4 is 0 Å². The minimum absolute atomic E-state index is 0.111. The fraction of sp³-hybridized carbons (Fsp3) is 0.176. The molecule has 0 aliphatic heterocycles. The molecule has 0 atom stereocenters. The fourth-order valence-electron chi connectivity index (χ4n) is 1.83. The minimum atomic E-state index is -0.377. The summed E-state index contributed by atoms with van der Waals surface area (Å²) < 4.78 is 14.1. The highest BCUT2D eigenvalue weighted by Crippen LogP contribution is 2.32. The van der Waals surface area contributed by atoms with E-state index in [1.807, 2.05) is 0 Å². The summed E-state index contributed by atoms with van der Waals surface area (Å²) in [6, 6.07) is 6.28. The van der Waals surface area contributed by atoms with Crippen LogP contribution in [-0.2, 0) is 0 Å². The van der Waals surface area contributed by atoms with Gasteiger partial charge < -0.3 is 10.2 Å². The summed E-state index contributed by atoms with van der Waals surface area (Å²) >= 11 is 0. The second-order valence-corrected chi connectivity index (χ2v) is 4.49. The van der Waals surface area contributed by atoms with Gasteiger partial charge in [-0.1, -0.05) is 24.8 Å². The van der Waals surface area contributed by atoms with Gasteiger partial charge in [0.05, 0.1) is 5.76 Å². The molecule has 1 rings (SSSR count). The number of allylic oxidation sites excluding steroid dienone is 7. The van der Waals surface area contributed by atoms with Crippen LogP contribution in [0.3, 0.4) is 0 Å². The normalized spacial score (nSPS) is 14.0. The molecule has 20 heavy (non-hydrogen) atoms. The number of halogens is 1. The molecule has 3 heteroatoms. The molecule has 0 amide bonds. The number of hydrogen-bond acceptors (Lipinski definition) is 2. The van der Waals surface area contributed by atoms with Crippen molar-refractivity contribution in [2.45, 2.75) is 20.8 Å². The van der Waals surface area contributed by atoms with E-state index in [9.17, 15) is 14.6 Å². The van der Waals surface area contributed by atoms with Crippen LogP contribution >= 0.6 is 0 Å². The predicted octanol–water partition coefficient (Wildman–Crippen LogP) is 5.06. The molecule has 0 aliphatic rings. The summed E-state index contributed by atoms with van der Waals surface area (Å²) in [5, 5.41) is 18.6. The van der Waals surface area contributed by atoms with Crippen molar-refractivity contribution in [3.8, 4) is 5.75 Å². The van der Waals surface area contributed by atoms with Crippen molar-refractivity contribution in [1.82, 2.24) is 0 Å². The van der Waals surface area contributed by atoms with E-state index in [2.05, 4.69) is 6.58 Å². The van der Waals surface area contributed by atoms with Gasteiger partial charge >= 0.3 is 0 Å². The third-order valence-corrected chi connectivity index (χ3v) is 2.89. The highest BCUT2D eigenvalue weighted by atomic mass is 19.1. The Balaban J connectivity index is 3.43. The maximum atomic E-state index is 14.1. The predicted molar refractivity (Wildman–Crippen MR) is 81.1 cm³/mol. The Kier molecular flexibility index (Phi) is 5.32. The van der Waals surface area contributed by atoms with Gasteiger partial charge in [0.2, 0.25) is 0 Å². The first-order valence-corrected chi connectivity index (χ1v) is 6.25. The Labute approximate surface area is 118 Å². The maximum Gasteiger partial charge on any atom is 0.127 e. The van der Waals surface area contributed by atoms with E-state index in [0.29, 0.717) is 22.3 Å². The molecule has 1 aromatic rings. The molecule has 2 nitrogen and oxygen atoms in total. The second kappa shape index (κ2) is 6.75. The highest BCUT2D eigenvalue weighted by Gasteiger charge is 2.12. The first kappa shape index (κ1) is 15.8. The lowest BCUT2D eigenvalue weighted by Crippen LogP contribution is -1.93.